The van der Waals surface area contributed by atoms with Gasteiger partial charge in [0.2, 0.25) is 0 Å². The number of rotatable bonds is 6. The Morgan fingerprint density at radius 3 is 2.33 bits per heavy atom. The van der Waals surface area contributed by atoms with E-state index in [0.717, 1.165) is 5.92 Å². The quantitative estimate of drug-likeness (QED) is 0.728. The van der Waals surface area contributed by atoms with Crippen LogP contribution in [0, 0.1) is 5.92 Å². The Morgan fingerprint density at radius 1 is 1.06 bits per heavy atom. The number of nitrogens with zero attached hydrogens (tertiary/aromatic N) is 2. The van der Waals surface area contributed by atoms with Crippen molar-refractivity contribution < 1.29 is 0 Å². The first-order chi connectivity index (χ1) is 8.75. The molecule has 0 bridgehead atoms. The zero-order chi connectivity index (χ0) is 12.8. The van der Waals surface area contributed by atoms with Gasteiger partial charge in [0.05, 0.1) is 0 Å². The molecule has 1 aliphatic carbocycles. The Balaban J connectivity index is 1.50. The summed E-state index contributed by atoms with van der Waals surface area (Å²) in [5, 5.41) is 3.65. The highest BCUT2D eigenvalue weighted by atomic mass is 15.3. The second-order valence-corrected chi connectivity index (χ2v) is 6.33. The minimum atomic E-state index is 0.715. The Labute approximate surface area is 113 Å². The van der Waals surface area contributed by atoms with Crippen LogP contribution in [0.1, 0.15) is 39.5 Å². The van der Waals surface area contributed by atoms with Gasteiger partial charge in [-0.25, -0.2) is 0 Å². The maximum Gasteiger partial charge on any atom is 0.0113 e. The molecule has 0 aromatic carbocycles. The van der Waals surface area contributed by atoms with E-state index in [0.29, 0.717) is 6.04 Å². The molecule has 3 heteroatoms. The van der Waals surface area contributed by atoms with E-state index in [1.54, 1.807) is 0 Å². The third kappa shape index (κ3) is 4.52. The van der Waals surface area contributed by atoms with Gasteiger partial charge in [0.25, 0.3) is 0 Å². The summed E-state index contributed by atoms with van der Waals surface area (Å²) in [5.74, 6) is 0.975. The SMILES string of the molecule is CC(C)N1CCN(CCNCC2CCCC2)CC1. The fourth-order valence-corrected chi connectivity index (χ4v) is 3.26. The van der Waals surface area contributed by atoms with Crippen LogP contribution in [-0.4, -0.2) is 61.7 Å². The standard InChI is InChI=1S/C15H31N3/c1-14(2)18-11-9-17(10-12-18)8-7-16-13-15-5-3-4-6-15/h14-16H,3-13H2,1-2H3. The largest absolute Gasteiger partial charge is 0.315 e. The maximum absolute atomic E-state index is 3.65. The molecule has 0 aromatic rings. The summed E-state index contributed by atoms with van der Waals surface area (Å²) in [6.45, 7) is 13.3. The molecule has 1 saturated heterocycles. The van der Waals surface area contributed by atoms with Crippen molar-refractivity contribution in [3.63, 3.8) is 0 Å². The van der Waals surface area contributed by atoms with Crippen LogP contribution >= 0.6 is 0 Å². The van der Waals surface area contributed by atoms with Gasteiger partial charge in [-0.05, 0) is 39.2 Å². The molecule has 1 saturated carbocycles. The van der Waals surface area contributed by atoms with Crippen LogP contribution in [-0.2, 0) is 0 Å². The van der Waals surface area contributed by atoms with Crippen molar-refractivity contribution in [2.45, 2.75) is 45.6 Å². The molecule has 0 unspecified atom stereocenters. The third-order valence-electron chi connectivity index (χ3n) is 4.65. The van der Waals surface area contributed by atoms with Crippen LogP contribution in [0.3, 0.4) is 0 Å². The van der Waals surface area contributed by atoms with Gasteiger partial charge in [-0.2, -0.15) is 0 Å². The Bertz CT molecular complexity index is 216. The van der Waals surface area contributed by atoms with Gasteiger partial charge in [0.1, 0.15) is 0 Å². The third-order valence-corrected chi connectivity index (χ3v) is 4.65. The molecule has 1 N–H and O–H groups in total. The highest BCUT2D eigenvalue weighted by molar-refractivity contribution is 4.75. The van der Waals surface area contributed by atoms with Crippen LogP contribution in [0.4, 0.5) is 0 Å². The monoisotopic (exact) mass is 253 g/mol. The average Bonchev–Trinajstić information content (AvgIpc) is 2.88. The van der Waals surface area contributed by atoms with Crippen molar-refractivity contribution in [3.8, 4) is 0 Å². The van der Waals surface area contributed by atoms with Crippen molar-refractivity contribution in [1.82, 2.24) is 15.1 Å². The van der Waals surface area contributed by atoms with Crippen molar-refractivity contribution >= 4 is 0 Å². The van der Waals surface area contributed by atoms with E-state index in [1.165, 1.54) is 71.5 Å². The van der Waals surface area contributed by atoms with Gasteiger partial charge in [-0.15, -0.1) is 0 Å². The van der Waals surface area contributed by atoms with Crippen LogP contribution < -0.4 is 5.32 Å². The molecular weight excluding hydrogens is 222 g/mol. The van der Waals surface area contributed by atoms with E-state index in [-0.39, 0.29) is 0 Å². The highest BCUT2D eigenvalue weighted by Crippen LogP contribution is 2.23. The molecule has 2 fully saturated rings. The normalized spacial score (nSPS) is 24.2. The lowest BCUT2D eigenvalue weighted by Crippen LogP contribution is -2.50. The first-order valence-electron chi connectivity index (χ1n) is 7.93. The summed E-state index contributed by atoms with van der Waals surface area (Å²) in [7, 11) is 0. The molecule has 1 aliphatic heterocycles. The van der Waals surface area contributed by atoms with Gasteiger partial charge in [-0.1, -0.05) is 12.8 Å². The van der Waals surface area contributed by atoms with Crippen molar-refractivity contribution in [2.75, 3.05) is 45.8 Å². The predicted molar refractivity (Wildman–Crippen MR) is 78.0 cm³/mol. The predicted octanol–water partition coefficient (Wildman–Crippen LogP) is 1.79. The lowest BCUT2D eigenvalue weighted by atomic mass is 10.1. The molecule has 3 nitrogen and oxygen atoms in total. The second kappa shape index (κ2) is 7.46. The van der Waals surface area contributed by atoms with Crippen LogP contribution in [0.2, 0.25) is 0 Å². The summed E-state index contributed by atoms with van der Waals surface area (Å²) in [5.41, 5.74) is 0. The Morgan fingerprint density at radius 2 is 1.72 bits per heavy atom. The van der Waals surface area contributed by atoms with E-state index in [1.807, 2.05) is 0 Å². The minimum Gasteiger partial charge on any atom is -0.315 e. The molecule has 106 valence electrons. The molecule has 0 aromatic heterocycles. The zero-order valence-electron chi connectivity index (χ0n) is 12.3. The summed E-state index contributed by atoms with van der Waals surface area (Å²) in [6, 6.07) is 0.715. The summed E-state index contributed by atoms with van der Waals surface area (Å²) in [6.07, 6.45) is 5.84. The second-order valence-electron chi connectivity index (χ2n) is 6.33. The van der Waals surface area contributed by atoms with Crippen molar-refractivity contribution in [1.29, 1.82) is 0 Å². The van der Waals surface area contributed by atoms with E-state index >= 15 is 0 Å². The van der Waals surface area contributed by atoms with Crippen LogP contribution in [0.15, 0.2) is 0 Å². The van der Waals surface area contributed by atoms with Gasteiger partial charge in [-0.3, -0.25) is 9.80 Å². The Hall–Kier alpha value is -0.120. The summed E-state index contributed by atoms with van der Waals surface area (Å²) in [4.78, 5) is 5.20. The fraction of sp³-hybridized carbons (Fsp3) is 1.00. The van der Waals surface area contributed by atoms with E-state index < -0.39 is 0 Å². The van der Waals surface area contributed by atoms with Crippen LogP contribution in [0.25, 0.3) is 0 Å². The lowest BCUT2D eigenvalue weighted by Gasteiger charge is -2.37. The Kier molecular flexibility index (Phi) is 5.93. The van der Waals surface area contributed by atoms with E-state index in [2.05, 4.69) is 29.0 Å². The molecular formula is C15H31N3. The highest BCUT2D eigenvalue weighted by Gasteiger charge is 2.18. The fourth-order valence-electron chi connectivity index (χ4n) is 3.26. The number of hydrogen-bond donors (Lipinski definition) is 1. The lowest BCUT2D eigenvalue weighted by molar-refractivity contribution is 0.109. The smallest absolute Gasteiger partial charge is 0.0113 e. The summed E-state index contributed by atoms with van der Waals surface area (Å²) >= 11 is 0. The molecule has 0 radical (unpaired) electrons. The molecule has 2 aliphatic rings. The maximum atomic E-state index is 3.65. The topological polar surface area (TPSA) is 18.5 Å². The number of piperazine rings is 1. The first kappa shape index (κ1) is 14.3. The van der Waals surface area contributed by atoms with Gasteiger partial charge in [0.15, 0.2) is 0 Å². The van der Waals surface area contributed by atoms with E-state index in [9.17, 15) is 0 Å². The van der Waals surface area contributed by atoms with Crippen molar-refractivity contribution in [3.05, 3.63) is 0 Å². The van der Waals surface area contributed by atoms with Gasteiger partial charge < -0.3 is 5.32 Å². The molecule has 2 rings (SSSR count). The average molecular weight is 253 g/mol. The van der Waals surface area contributed by atoms with Gasteiger partial charge >= 0.3 is 0 Å². The van der Waals surface area contributed by atoms with E-state index in [4.69, 9.17) is 0 Å². The van der Waals surface area contributed by atoms with Gasteiger partial charge in [0, 0.05) is 45.3 Å². The summed E-state index contributed by atoms with van der Waals surface area (Å²) < 4.78 is 0. The molecule has 1 heterocycles. The molecule has 0 spiro atoms. The minimum absolute atomic E-state index is 0.715. The first-order valence-corrected chi connectivity index (χ1v) is 7.93. The van der Waals surface area contributed by atoms with Crippen LogP contribution in [0.5, 0.6) is 0 Å². The molecule has 18 heavy (non-hydrogen) atoms. The molecule has 0 amide bonds. The van der Waals surface area contributed by atoms with Crippen molar-refractivity contribution in [2.24, 2.45) is 5.92 Å². The number of nitrogens with one attached hydrogen (secondary N) is 1. The molecule has 0 atom stereocenters. The number of hydrogen-bond acceptors (Lipinski definition) is 3. The zero-order valence-corrected chi connectivity index (χ0v) is 12.3.